The van der Waals surface area contributed by atoms with Crippen LogP contribution in [0.2, 0.25) is 0 Å². The predicted molar refractivity (Wildman–Crippen MR) is 87.7 cm³/mol. The molecule has 21 heavy (non-hydrogen) atoms. The van der Waals surface area contributed by atoms with Crippen LogP contribution in [0.15, 0.2) is 24.3 Å². The lowest BCUT2D eigenvalue weighted by Gasteiger charge is -2.30. The molecule has 0 aliphatic carbocycles. The lowest BCUT2D eigenvalue weighted by molar-refractivity contribution is 0.0733. The van der Waals surface area contributed by atoms with E-state index in [4.69, 9.17) is 0 Å². The van der Waals surface area contributed by atoms with Gasteiger partial charge < -0.3 is 10.2 Å². The summed E-state index contributed by atoms with van der Waals surface area (Å²) in [6.45, 7) is 13.4. The van der Waals surface area contributed by atoms with Crippen molar-refractivity contribution in [3.05, 3.63) is 35.4 Å². The van der Waals surface area contributed by atoms with E-state index in [1.165, 1.54) is 5.56 Å². The van der Waals surface area contributed by atoms with Crippen molar-refractivity contribution < 1.29 is 4.79 Å². The normalized spacial score (nSPS) is 19.2. The fourth-order valence-electron chi connectivity index (χ4n) is 2.78. The smallest absolute Gasteiger partial charge is 0.253 e. The molecule has 1 fully saturated rings. The van der Waals surface area contributed by atoms with Gasteiger partial charge in [0.1, 0.15) is 0 Å². The molecule has 0 atom stereocenters. The number of carbonyl (C=O) groups is 1. The van der Waals surface area contributed by atoms with Crippen LogP contribution in [0.1, 0.15) is 57.0 Å². The van der Waals surface area contributed by atoms with Gasteiger partial charge in [0, 0.05) is 24.2 Å². The van der Waals surface area contributed by atoms with Crippen molar-refractivity contribution in [2.24, 2.45) is 0 Å². The molecule has 0 spiro atoms. The number of nitrogens with zero attached hydrogens (tertiary/aromatic N) is 1. The maximum absolute atomic E-state index is 12.7. The Morgan fingerprint density at radius 2 is 1.81 bits per heavy atom. The van der Waals surface area contributed by atoms with Crippen molar-refractivity contribution in [1.29, 1.82) is 0 Å². The van der Waals surface area contributed by atoms with Crippen LogP contribution < -0.4 is 5.32 Å². The Labute approximate surface area is 128 Å². The van der Waals surface area contributed by atoms with Gasteiger partial charge in [-0.05, 0) is 49.9 Å². The van der Waals surface area contributed by atoms with Crippen LogP contribution in [0.3, 0.4) is 0 Å². The topological polar surface area (TPSA) is 32.3 Å². The zero-order valence-electron chi connectivity index (χ0n) is 14.0. The minimum Gasteiger partial charge on any atom is -0.337 e. The van der Waals surface area contributed by atoms with Crippen molar-refractivity contribution in [3.63, 3.8) is 0 Å². The van der Waals surface area contributed by atoms with Crippen molar-refractivity contribution in [2.45, 2.75) is 52.0 Å². The summed E-state index contributed by atoms with van der Waals surface area (Å²) in [5.41, 5.74) is 2.16. The van der Waals surface area contributed by atoms with Crippen LogP contribution in [0, 0.1) is 0 Å². The van der Waals surface area contributed by atoms with E-state index in [0.29, 0.717) is 0 Å². The summed E-state index contributed by atoms with van der Waals surface area (Å²) in [7, 11) is 0. The molecule has 3 nitrogen and oxygen atoms in total. The third-order valence-corrected chi connectivity index (χ3v) is 4.08. The average Bonchev–Trinajstić information content (AvgIpc) is 2.58. The van der Waals surface area contributed by atoms with Crippen LogP contribution in [-0.2, 0) is 5.41 Å². The summed E-state index contributed by atoms with van der Waals surface area (Å²) in [6.07, 6.45) is 1.01. The number of carbonyl (C=O) groups excluding carboxylic acids is 1. The van der Waals surface area contributed by atoms with Gasteiger partial charge in [-0.1, -0.05) is 32.9 Å². The highest BCUT2D eigenvalue weighted by Gasteiger charge is 2.27. The maximum Gasteiger partial charge on any atom is 0.253 e. The fourth-order valence-corrected chi connectivity index (χ4v) is 2.78. The van der Waals surface area contributed by atoms with Gasteiger partial charge in [-0.3, -0.25) is 4.79 Å². The Morgan fingerprint density at radius 3 is 2.38 bits per heavy atom. The summed E-state index contributed by atoms with van der Waals surface area (Å²) in [5.74, 6) is 0.146. The highest BCUT2D eigenvalue weighted by atomic mass is 16.2. The first-order chi connectivity index (χ1) is 9.69. The van der Waals surface area contributed by atoms with E-state index in [0.717, 1.165) is 31.6 Å². The second-order valence-corrected chi connectivity index (χ2v) is 7.72. The Bertz CT molecular complexity index is 497. The largest absolute Gasteiger partial charge is 0.337 e. The minimum absolute atomic E-state index is 0.0164. The molecule has 0 saturated carbocycles. The molecule has 1 N–H and O–H groups in total. The van der Waals surface area contributed by atoms with E-state index < -0.39 is 0 Å². The van der Waals surface area contributed by atoms with Crippen molar-refractivity contribution in [1.82, 2.24) is 10.2 Å². The standard InChI is InChI=1S/C18H28N2O/c1-17(2,3)15-9-7-14(8-10-15)16(21)20-12-6-11-19-18(4,5)13-20/h7-10,19H,6,11-13H2,1-5H3. The molecule has 1 aliphatic heterocycles. The van der Waals surface area contributed by atoms with Crippen LogP contribution in [0.5, 0.6) is 0 Å². The summed E-state index contributed by atoms with van der Waals surface area (Å²) < 4.78 is 0. The second kappa shape index (κ2) is 5.80. The summed E-state index contributed by atoms with van der Waals surface area (Å²) in [6, 6.07) is 8.09. The zero-order valence-corrected chi connectivity index (χ0v) is 14.0. The predicted octanol–water partition coefficient (Wildman–Crippen LogP) is 3.20. The van der Waals surface area contributed by atoms with Crippen molar-refractivity contribution in [2.75, 3.05) is 19.6 Å². The molecule has 1 saturated heterocycles. The Hall–Kier alpha value is -1.35. The van der Waals surface area contributed by atoms with E-state index >= 15 is 0 Å². The number of rotatable bonds is 1. The van der Waals surface area contributed by atoms with Gasteiger partial charge in [0.2, 0.25) is 0 Å². The van der Waals surface area contributed by atoms with Crippen LogP contribution in [-0.4, -0.2) is 36.0 Å². The molecular formula is C18H28N2O. The molecule has 0 bridgehead atoms. The third kappa shape index (κ3) is 4.07. The average molecular weight is 288 g/mol. The first kappa shape index (κ1) is 16.0. The molecular weight excluding hydrogens is 260 g/mol. The Balaban J connectivity index is 2.15. The molecule has 2 rings (SSSR count). The lowest BCUT2D eigenvalue weighted by atomic mass is 9.86. The van der Waals surface area contributed by atoms with Crippen LogP contribution in [0.4, 0.5) is 0 Å². The molecule has 1 heterocycles. The van der Waals surface area contributed by atoms with E-state index in [1.807, 2.05) is 17.0 Å². The van der Waals surface area contributed by atoms with Gasteiger partial charge in [-0.15, -0.1) is 0 Å². The van der Waals surface area contributed by atoms with E-state index in [-0.39, 0.29) is 16.9 Å². The molecule has 0 radical (unpaired) electrons. The number of hydrogen-bond acceptors (Lipinski definition) is 2. The number of benzene rings is 1. The summed E-state index contributed by atoms with van der Waals surface area (Å²) >= 11 is 0. The van der Waals surface area contributed by atoms with Gasteiger partial charge in [0.15, 0.2) is 0 Å². The van der Waals surface area contributed by atoms with E-state index in [9.17, 15) is 4.79 Å². The van der Waals surface area contributed by atoms with Gasteiger partial charge >= 0.3 is 0 Å². The monoisotopic (exact) mass is 288 g/mol. The first-order valence-electron chi connectivity index (χ1n) is 7.84. The van der Waals surface area contributed by atoms with Crippen LogP contribution in [0.25, 0.3) is 0 Å². The quantitative estimate of drug-likeness (QED) is 0.860. The van der Waals surface area contributed by atoms with Gasteiger partial charge in [0.25, 0.3) is 5.91 Å². The highest BCUT2D eigenvalue weighted by molar-refractivity contribution is 5.94. The van der Waals surface area contributed by atoms with Crippen molar-refractivity contribution in [3.8, 4) is 0 Å². The second-order valence-electron chi connectivity index (χ2n) is 7.72. The third-order valence-electron chi connectivity index (χ3n) is 4.08. The van der Waals surface area contributed by atoms with Gasteiger partial charge in [0.05, 0.1) is 0 Å². The number of amides is 1. The highest BCUT2D eigenvalue weighted by Crippen LogP contribution is 2.23. The molecule has 1 aromatic rings. The van der Waals surface area contributed by atoms with Gasteiger partial charge in [-0.25, -0.2) is 0 Å². The molecule has 1 amide bonds. The zero-order chi connectivity index (χ0) is 15.7. The van der Waals surface area contributed by atoms with E-state index in [1.54, 1.807) is 0 Å². The number of nitrogens with one attached hydrogen (secondary N) is 1. The summed E-state index contributed by atoms with van der Waals surface area (Å²) in [5, 5.41) is 3.49. The van der Waals surface area contributed by atoms with Gasteiger partial charge in [-0.2, -0.15) is 0 Å². The first-order valence-corrected chi connectivity index (χ1v) is 7.84. The van der Waals surface area contributed by atoms with E-state index in [2.05, 4.69) is 52.1 Å². The SMILES string of the molecule is CC1(C)CN(C(=O)c2ccc(C(C)(C)C)cc2)CCCN1. The maximum atomic E-state index is 12.7. The number of hydrogen-bond donors (Lipinski definition) is 1. The fraction of sp³-hybridized carbons (Fsp3) is 0.611. The Morgan fingerprint density at radius 1 is 1.19 bits per heavy atom. The molecule has 116 valence electrons. The van der Waals surface area contributed by atoms with Crippen molar-refractivity contribution >= 4 is 5.91 Å². The molecule has 1 aliphatic rings. The molecule has 0 unspecified atom stereocenters. The van der Waals surface area contributed by atoms with Crippen LogP contribution >= 0.6 is 0 Å². The molecule has 1 aromatic carbocycles. The minimum atomic E-state index is -0.0164. The lowest BCUT2D eigenvalue weighted by Crippen LogP contribution is -2.47. The molecule has 3 heteroatoms. The summed E-state index contributed by atoms with van der Waals surface area (Å²) in [4.78, 5) is 14.7. The Kier molecular flexibility index (Phi) is 4.43. The molecule has 0 aromatic heterocycles.